The molecule has 0 bridgehead atoms. The predicted octanol–water partition coefficient (Wildman–Crippen LogP) is 3.72. The molecule has 2 aromatic heterocycles. The van der Waals surface area contributed by atoms with Crippen LogP contribution in [0.15, 0.2) is 36.4 Å². The standard InChI is InChI=1S/C15H13NO3S/c17-15(18)19-12-4-3-11-7-13(20-14(11)8-12)6-10-2-1-5-16-9-10/h1-2,5,7-9H,3-4,6H2,(H,17,18). The van der Waals surface area contributed by atoms with Crippen LogP contribution in [0.4, 0.5) is 4.79 Å². The van der Waals surface area contributed by atoms with E-state index in [1.165, 1.54) is 16.0 Å². The fourth-order valence-corrected chi connectivity index (χ4v) is 3.48. The highest BCUT2D eigenvalue weighted by Crippen LogP contribution is 2.32. The molecule has 102 valence electrons. The highest BCUT2D eigenvalue weighted by atomic mass is 32.1. The summed E-state index contributed by atoms with van der Waals surface area (Å²) in [4.78, 5) is 17.0. The number of hydrogen-bond donors (Lipinski definition) is 1. The minimum atomic E-state index is -1.24. The van der Waals surface area contributed by atoms with Crippen LogP contribution in [0.25, 0.3) is 6.08 Å². The van der Waals surface area contributed by atoms with Crippen LogP contribution in [-0.2, 0) is 17.6 Å². The molecule has 0 saturated heterocycles. The van der Waals surface area contributed by atoms with E-state index in [1.807, 2.05) is 18.3 Å². The van der Waals surface area contributed by atoms with Crippen LogP contribution in [0.3, 0.4) is 0 Å². The molecule has 0 saturated carbocycles. The number of ether oxygens (including phenoxy) is 1. The zero-order valence-corrected chi connectivity index (χ0v) is 11.5. The van der Waals surface area contributed by atoms with Gasteiger partial charge in [-0.05, 0) is 35.8 Å². The zero-order chi connectivity index (χ0) is 13.9. The molecule has 0 spiro atoms. The van der Waals surface area contributed by atoms with Gasteiger partial charge in [0.1, 0.15) is 5.76 Å². The first-order valence-electron chi connectivity index (χ1n) is 6.32. The molecule has 0 atom stereocenters. The van der Waals surface area contributed by atoms with E-state index in [2.05, 4.69) is 17.1 Å². The van der Waals surface area contributed by atoms with E-state index in [1.54, 1.807) is 17.5 Å². The third-order valence-corrected chi connectivity index (χ3v) is 4.27. The first-order chi connectivity index (χ1) is 9.70. The summed E-state index contributed by atoms with van der Waals surface area (Å²) in [6.07, 6.45) is 6.56. The minimum Gasteiger partial charge on any atom is -0.449 e. The third-order valence-electron chi connectivity index (χ3n) is 3.15. The number of pyridine rings is 1. The molecule has 0 fully saturated rings. The number of nitrogens with zero attached hydrogens (tertiary/aromatic N) is 1. The third kappa shape index (κ3) is 2.88. The monoisotopic (exact) mass is 287 g/mol. The Morgan fingerprint density at radius 2 is 2.35 bits per heavy atom. The summed E-state index contributed by atoms with van der Waals surface area (Å²) in [5.41, 5.74) is 2.45. The number of aryl methyl sites for hydroxylation is 1. The first-order valence-corrected chi connectivity index (χ1v) is 7.14. The van der Waals surface area contributed by atoms with Gasteiger partial charge in [0.15, 0.2) is 0 Å². The van der Waals surface area contributed by atoms with E-state index in [0.29, 0.717) is 12.2 Å². The second kappa shape index (κ2) is 5.46. The van der Waals surface area contributed by atoms with E-state index in [-0.39, 0.29) is 0 Å². The predicted molar refractivity (Wildman–Crippen MR) is 76.8 cm³/mol. The van der Waals surface area contributed by atoms with E-state index in [4.69, 9.17) is 9.84 Å². The summed E-state index contributed by atoms with van der Waals surface area (Å²) in [5.74, 6) is 0.528. The van der Waals surface area contributed by atoms with Crippen molar-refractivity contribution in [1.29, 1.82) is 0 Å². The second-order valence-corrected chi connectivity index (χ2v) is 5.79. The van der Waals surface area contributed by atoms with Crippen molar-refractivity contribution < 1.29 is 14.6 Å². The molecule has 5 heteroatoms. The summed E-state index contributed by atoms with van der Waals surface area (Å²) in [6, 6.07) is 6.18. The molecular weight excluding hydrogens is 274 g/mol. The number of fused-ring (bicyclic) bond motifs is 1. The van der Waals surface area contributed by atoms with Crippen LogP contribution < -0.4 is 0 Å². The largest absolute Gasteiger partial charge is 0.511 e. The number of thiophene rings is 1. The van der Waals surface area contributed by atoms with Crippen molar-refractivity contribution >= 4 is 23.6 Å². The van der Waals surface area contributed by atoms with Gasteiger partial charge in [0.25, 0.3) is 0 Å². The molecule has 1 N–H and O–H groups in total. The van der Waals surface area contributed by atoms with Crippen molar-refractivity contribution in [3.63, 3.8) is 0 Å². The molecule has 20 heavy (non-hydrogen) atoms. The number of rotatable bonds is 3. The Bertz CT molecular complexity index is 661. The normalized spacial score (nSPS) is 13.5. The molecule has 0 unspecified atom stereocenters. The number of carbonyl (C=O) groups is 1. The van der Waals surface area contributed by atoms with Gasteiger partial charge in [-0.15, -0.1) is 11.3 Å². The number of aromatic nitrogens is 1. The van der Waals surface area contributed by atoms with Gasteiger partial charge in [0.2, 0.25) is 0 Å². The topological polar surface area (TPSA) is 59.4 Å². The van der Waals surface area contributed by atoms with Crippen LogP contribution in [0.5, 0.6) is 0 Å². The Labute approximate surface area is 120 Å². The lowest BCUT2D eigenvalue weighted by molar-refractivity contribution is 0.117. The lowest BCUT2D eigenvalue weighted by Gasteiger charge is -2.10. The molecule has 4 nitrogen and oxygen atoms in total. The van der Waals surface area contributed by atoms with Gasteiger partial charge in [0.05, 0.1) is 0 Å². The molecule has 0 aliphatic heterocycles. The van der Waals surface area contributed by atoms with Crippen LogP contribution in [0.1, 0.15) is 27.3 Å². The lowest BCUT2D eigenvalue weighted by Crippen LogP contribution is -2.04. The van der Waals surface area contributed by atoms with Gasteiger partial charge in [0, 0.05) is 35.0 Å². The first kappa shape index (κ1) is 12.9. The van der Waals surface area contributed by atoms with Crippen molar-refractivity contribution in [2.75, 3.05) is 0 Å². The molecule has 2 aromatic rings. The number of allylic oxidation sites excluding steroid dienone is 1. The van der Waals surface area contributed by atoms with Crippen molar-refractivity contribution in [3.8, 4) is 0 Å². The van der Waals surface area contributed by atoms with Crippen molar-refractivity contribution in [2.24, 2.45) is 0 Å². The Morgan fingerprint density at radius 3 is 3.10 bits per heavy atom. The van der Waals surface area contributed by atoms with Gasteiger partial charge in [-0.2, -0.15) is 0 Å². The molecule has 3 rings (SSSR count). The maximum absolute atomic E-state index is 10.6. The quantitative estimate of drug-likeness (QED) is 0.874. The van der Waals surface area contributed by atoms with E-state index < -0.39 is 6.16 Å². The van der Waals surface area contributed by atoms with Gasteiger partial charge in [-0.3, -0.25) is 4.98 Å². The molecule has 1 aliphatic carbocycles. The van der Waals surface area contributed by atoms with Crippen LogP contribution >= 0.6 is 11.3 Å². The summed E-state index contributed by atoms with van der Waals surface area (Å²) < 4.78 is 4.75. The van der Waals surface area contributed by atoms with E-state index in [0.717, 1.165) is 17.7 Å². The maximum Gasteiger partial charge on any atom is 0.511 e. The van der Waals surface area contributed by atoms with Gasteiger partial charge >= 0.3 is 6.16 Å². The van der Waals surface area contributed by atoms with Crippen LogP contribution in [-0.4, -0.2) is 16.2 Å². The summed E-state index contributed by atoms with van der Waals surface area (Å²) in [5, 5.41) is 8.65. The molecular formula is C15H13NO3S. The van der Waals surface area contributed by atoms with Crippen molar-refractivity contribution in [2.45, 2.75) is 19.3 Å². The molecule has 1 aliphatic rings. The van der Waals surface area contributed by atoms with Crippen LogP contribution in [0, 0.1) is 0 Å². The average Bonchev–Trinajstić information content (AvgIpc) is 2.80. The Balaban J connectivity index is 1.80. The average molecular weight is 287 g/mol. The SMILES string of the molecule is O=C(O)OC1=Cc2sc(Cc3cccnc3)cc2CC1. The summed E-state index contributed by atoms with van der Waals surface area (Å²) >= 11 is 1.68. The van der Waals surface area contributed by atoms with Crippen LogP contribution in [0.2, 0.25) is 0 Å². The van der Waals surface area contributed by atoms with E-state index in [9.17, 15) is 4.79 Å². The highest BCUT2D eigenvalue weighted by Gasteiger charge is 2.16. The molecule has 0 radical (unpaired) electrons. The fraction of sp³-hybridized carbons (Fsp3) is 0.200. The number of hydrogen-bond acceptors (Lipinski definition) is 4. The lowest BCUT2D eigenvalue weighted by atomic mass is 10.0. The van der Waals surface area contributed by atoms with Gasteiger partial charge in [-0.1, -0.05) is 6.07 Å². The Hall–Kier alpha value is -2.14. The summed E-state index contributed by atoms with van der Waals surface area (Å²) in [6.45, 7) is 0. The molecule has 0 aromatic carbocycles. The van der Waals surface area contributed by atoms with E-state index >= 15 is 0 Å². The second-order valence-electron chi connectivity index (χ2n) is 4.62. The van der Waals surface area contributed by atoms with Gasteiger partial charge < -0.3 is 9.84 Å². The highest BCUT2D eigenvalue weighted by molar-refractivity contribution is 7.13. The Morgan fingerprint density at radius 1 is 1.45 bits per heavy atom. The smallest absolute Gasteiger partial charge is 0.449 e. The summed E-state index contributed by atoms with van der Waals surface area (Å²) in [7, 11) is 0. The van der Waals surface area contributed by atoms with Gasteiger partial charge in [-0.25, -0.2) is 4.79 Å². The Kier molecular flexibility index (Phi) is 3.52. The zero-order valence-electron chi connectivity index (χ0n) is 10.7. The van der Waals surface area contributed by atoms with Crippen molar-refractivity contribution in [3.05, 3.63) is 57.2 Å². The van der Waals surface area contributed by atoms with Crippen molar-refractivity contribution in [1.82, 2.24) is 4.98 Å². The minimum absolute atomic E-state index is 0.528. The molecule has 0 amide bonds. The maximum atomic E-state index is 10.6. The number of carboxylic acid groups (broad SMARTS) is 1. The fourth-order valence-electron chi connectivity index (χ4n) is 2.28. The molecule has 2 heterocycles.